The molecular weight excluding hydrogens is 188 g/mol. The second kappa shape index (κ2) is 4.60. The lowest BCUT2D eigenvalue weighted by atomic mass is 9.94. The Balaban J connectivity index is 2.06. The summed E-state index contributed by atoms with van der Waals surface area (Å²) in [5, 5.41) is 0. The Bertz CT molecular complexity index is 335. The molecule has 1 saturated carbocycles. The van der Waals surface area contributed by atoms with E-state index in [1.54, 1.807) is 6.33 Å². The van der Waals surface area contributed by atoms with Gasteiger partial charge in [-0.05, 0) is 12.8 Å². The minimum Gasteiger partial charge on any atom is -0.340 e. The number of hydrogen-bond donors (Lipinski definition) is 0. The van der Waals surface area contributed by atoms with E-state index in [-0.39, 0.29) is 11.7 Å². The maximum atomic E-state index is 12.1. The zero-order valence-electron chi connectivity index (χ0n) is 9.28. The van der Waals surface area contributed by atoms with Gasteiger partial charge >= 0.3 is 0 Å². The molecule has 15 heavy (non-hydrogen) atoms. The Labute approximate surface area is 90.5 Å². The Kier molecular flexibility index (Phi) is 3.19. The molecule has 0 N–H and O–H groups in total. The van der Waals surface area contributed by atoms with E-state index < -0.39 is 0 Å². The smallest absolute Gasteiger partial charge is 0.185 e. The van der Waals surface area contributed by atoms with Gasteiger partial charge in [0.25, 0.3) is 0 Å². The summed E-state index contributed by atoms with van der Waals surface area (Å²) in [4.78, 5) is 16.2. The van der Waals surface area contributed by atoms with Crippen molar-refractivity contribution in [2.45, 2.75) is 38.5 Å². The number of carbonyl (C=O) groups excluding carboxylic acids is 1. The zero-order chi connectivity index (χ0) is 10.7. The molecule has 1 aromatic heterocycles. The average molecular weight is 206 g/mol. The van der Waals surface area contributed by atoms with Crippen molar-refractivity contribution >= 4 is 5.78 Å². The summed E-state index contributed by atoms with van der Waals surface area (Å²) >= 11 is 0. The van der Waals surface area contributed by atoms with E-state index in [0.717, 1.165) is 12.8 Å². The van der Waals surface area contributed by atoms with Gasteiger partial charge in [-0.25, -0.2) is 4.98 Å². The molecule has 0 amide bonds. The van der Waals surface area contributed by atoms with Crippen molar-refractivity contribution in [2.24, 2.45) is 13.0 Å². The lowest BCUT2D eigenvalue weighted by Crippen LogP contribution is -2.14. The maximum Gasteiger partial charge on any atom is 0.185 e. The van der Waals surface area contributed by atoms with Crippen LogP contribution < -0.4 is 0 Å². The van der Waals surface area contributed by atoms with Crippen LogP contribution >= 0.6 is 0 Å². The second-order valence-corrected chi connectivity index (χ2v) is 4.48. The van der Waals surface area contributed by atoms with Crippen molar-refractivity contribution in [3.63, 3.8) is 0 Å². The highest BCUT2D eigenvalue weighted by Crippen LogP contribution is 2.25. The highest BCUT2D eigenvalue weighted by molar-refractivity contribution is 5.95. The molecule has 0 aliphatic heterocycles. The summed E-state index contributed by atoms with van der Waals surface area (Å²) in [6.07, 6.45) is 10.6. The molecule has 0 aromatic carbocycles. The van der Waals surface area contributed by atoms with Crippen LogP contribution in [0.2, 0.25) is 0 Å². The first-order valence-electron chi connectivity index (χ1n) is 5.79. The van der Waals surface area contributed by atoms with Crippen molar-refractivity contribution in [1.82, 2.24) is 9.55 Å². The molecule has 3 heteroatoms. The lowest BCUT2D eigenvalue weighted by molar-refractivity contribution is 0.0903. The molecule has 1 aromatic rings. The van der Waals surface area contributed by atoms with Gasteiger partial charge in [-0.15, -0.1) is 0 Å². The Morgan fingerprint density at radius 3 is 2.53 bits per heavy atom. The second-order valence-electron chi connectivity index (χ2n) is 4.48. The third-order valence-corrected chi connectivity index (χ3v) is 3.18. The number of aromatic nitrogens is 2. The minimum atomic E-state index is 0.224. The molecule has 3 nitrogen and oxygen atoms in total. The molecule has 0 radical (unpaired) electrons. The van der Waals surface area contributed by atoms with E-state index in [9.17, 15) is 4.79 Å². The quantitative estimate of drug-likeness (QED) is 0.550. The predicted molar refractivity (Wildman–Crippen MR) is 58.7 cm³/mol. The van der Waals surface area contributed by atoms with Crippen LogP contribution in [0.4, 0.5) is 0 Å². The number of hydrogen-bond acceptors (Lipinski definition) is 2. The number of aryl methyl sites for hydroxylation is 1. The largest absolute Gasteiger partial charge is 0.340 e. The van der Waals surface area contributed by atoms with E-state index in [2.05, 4.69) is 4.98 Å². The first-order valence-corrected chi connectivity index (χ1v) is 5.79. The van der Waals surface area contributed by atoms with Crippen LogP contribution in [0.25, 0.3) is 0 Å². The van der Waals surface area contributed by atoms with Crippen molar-refractivity contribution in [1.29, 1.82) is 0 Å². The summed E-state index contributed by atoms with van der Waals surface area (Å²) < 4.78 is 1.84. The fraction of sp³-hybridized carbons (Fsp3) is 0.667. The third-order valence-electron chi connectivity index (χ3n) is 3.18. The van der Waals surface area contributed by atoms with Crippen LogP contribution in [0.3, 0.4) is 0 Å². The highest BCUT2D eigenvalue weighted by atomic mass is 16.1. The van der Waals surface area contributed by atoms with E-state index in [4.69, 9.17) is 0 Å². The summed E-state index contributed by atoms with van der Waals surface area (Å²) in [6.45, 7) is 0. The van der Waals surface area contributed by atoms with Gasteiger partial charge in [0.05, 0.1) is 6.33 Å². The first-order chi connectivity index (χ1) is 7.27. The van der Waals surface area contributed by atoms with E-state index in [1.165, 1.54) is 25.7 Å². The molecule has 82 valence electrons. The summed E-state index contributed by atoms with van der Waals surface area (Å²) in [6, 6.07) is 0. The summed E-state index contributed by atoms with van der Waals surface area (Å²) in [7, 11) is 1.90. The predicted octanol–water partition coefficient (Wildman–Crippen LogP) is 2.57. The van der Waals surface area contributed by atoms with Crippen molar-refractivity contribution in [3.8, 4) is 0 Å². The van der Waals surface area contributed by atoms with Gasteiger partial charge in [-0.1, -0.05) is 25.7 Å². The van der Waals surface area contributed by atoms with Crippen LogP contribution in [-0.4, -0.2) is 15.3 Å². The normalized spacial score (nSPS) is 18.7. The van der Waals surface area contributed by atoms with Crippen LogP contribution in [0.1, 0.15) is 49.0 Å². The van der Waals surface area contributed by atoms with Gasteiger partial charge < -0.3 is 4.57 Å². The number of nitrogens with zero attached hydrogens (tertiary/aromatic N) is 2. The fourth-order valence-corrected chi connectivity index (χ4v) is 2.29. The molecule has 0 saturated heterocycles. The molecule has 0 unspecified atom stereocenters. The molecule has 2 rings (SSSR count). The van der Waals surface area contributed by atoms with Crippen molar-refractivity contribution < 1.29 is 4.79 Å². The minimum absolute atomic E-state index is 0.224. The van der Waals surface area contributed by atoms with Crippen LogP contribution in [0.15, 0.2) is 12.5 Å². The van der Waals surface area contributed by atoms with Crippen molar-refractivity contribution in [2.75, 3.05) is 0 Å². The maximum absolute atomic E-state index is 12.1. The number of rotatable bonds is 2. The molecule has 0 bridgehead atoms. The summed E-state index contributed by atoms with van der Waals surface area (Å²) in [5.41, 5.74) is 0.643. The molecule has 1 fully saturated rings. The Morgan fingerprint density at radius 2 is 2.00 bits per heavy atom. The highest BCUT2D eigenvalue weighted by Gasteiger charge is 2.22. The van der Waals surface area contributed by atoms with Crippen molar-refractivity contribution in [3.05, 3.63) is 18.2 Å². The fourth-order valence-electron chi connectivity index (χ4n) is 2.29. The van der Waals surface area contributed by atoms with Crippen LogP contribution in [0.5, 0.6) is 0 Å². The van der Waals surface area contributed by atoms with Crippen LogP contribution in [-0.2, 0) is 7.05 Å². The van der Waals surface area contributed by atoms with Crippen LogP contribution in [0, 0.1) is 5.92 Å². The average Bonchev–Trinajstić information content (AvgIpc) is 2.53. The monoisotopic (exact) mass is 206 g/mol. The van der Waals surface area contributed by atoms with Gasteiger partial charge in [0.15, 0.2) is 5.78 Å². The van der Waals surface area contributed by atoms with E-state index in [0.29, 0.717) is 5.69 Å². The van der Waals surface area contributed by atoms with Gasteiger partial charge in [-0.3, -0.25) is 4.79 Å². The van der Waals surface area contributed by atoms with E-state index >= 15 is 0 Å². The van der Waals surface area contributed by atoms with Gasteiger partial charge in [0.1, 0.15) is 5.69 Å². The molecule has 0 spiro atoms. The van der Waals surface area contributed by atoms with E-state index in [1.807, 2.05) is 17.8 Å². The third kappa shape index (κ3) is 2.46. The van der Waals surface area contributed by atoms with Gasteiger partial charge in [0.2, 0.25) is 0 Å². The Morgan fingerprint density at radius 1 is 1.33 bits per heavy atom. The lowest BCUT2D eigenvalue weighted by Gasteiger charge is -2.10. The zero-order valence-corrected chi connectivity index (χ0v) is 9.28. The standard InChI is InChI=1S/C12H18N2O/c1-14-8-11(13-9-14)12(15)10-6-4-2-3-5-7-10/h8-10H,2-7H2,1H3. The molecule has 1 heterocycles. The molecular formula is C12H18N2O. The topological polar surface area (TPSA) is 34.9 Å². The number of imidazole rings is 1. The van der Waals surface area contributed by atoms with Gasteiger partial charge in [-0.2, -0.15) is 0 Å². The number of ketones is 1. The molecule has 1 aliphatic carbocycles. The summed E-state index contributed by atoms with van der Waals surface area (Å²) in [5.74, 6) is 0.472. The molecule has 1 aliphatic rings. The number of carbonyl (C=O) groups is 1. The Hall–Kier alpha value is -1.12. The number of Topliss-reactive ketones (excluding diaryl/α,β-unsaturated/α-hetero) is 1. The SMILES string of the molecule is Cn1cnc(C(=O)C2CCCCCC2)c1. The first kappa shape index (κ1) is 10.4. The molecule has 0 atom stereocenters. The van der Waals surface area contributed by atoms with Gasteiger partial charge in [0, 0.05) is 19.2 Å².